The van der Waals surface area contributed by atoms with Crippen molar-refractivity contribution in [1.29, 1.82) is 0 Å². The minimum Gasteiger partial charge on any atom is -0.393 e. The maximum atomic E-state index is 13.7. The predicted molar refractivity (Wildman–Crippen MR) is 82.4 cm³/mol. The van der Waals surface area contributed by atoms with Gasteiger partial charge in [0.2, 0.25) is 0 Å². The molecule has 3 rings (SSSR count). The van der Waals surface area contributed by atoms with Crippen molar-refractivity contribution in [1.82, 2.24) is 5.32 Å². The number of carbonyl (C=O) groups is 1. The van der Waals surface area contributed by atoms with Gasteiger partial charge in [-0.15, -0.1) is 0 Å². The van der Waals surface area contributed by atoms with Crippen molar-refractivity contribution in [3.05, 3.63) is 68.8 Å². The number of nitrogens with two attached hydrogens (primary N) is 1. The van der Waals surface area contributed by atoms with Crippen LogP contribution in [0.3, 0.4) is 0 Å². The first-order valence-corrected chi connectivity index (χ1v) is 7.20. The molecule has 0 aliphatic heterocycles. The van der Waals surface area contributed by atoms with Crippen LogP contribution >= 0.6 is 0 Å². The minimum absolute atomic E-state index is 0.313. The van der Waals surface area contributed by atoms with E-state index in [0.29, 0.717) is 30.0 Å². The zero-order valence-electron chi connectivity index (χ0n) is 12.4. The lowest BCUT2D eigenvalue weighted by atomic mass is 10.1. The first-order chi connectivity index (χ1) is 11.4. The number of nitrogens with one attached hydrogen (secondary N) is 1. The highest BCUT2D eigenvalue weighted by molar-refractivity contribution is 6.01. The number of fused-ring (bicyclic) bond motifs is 1. The van der Waals surface area contributed by atoms with E-state index in [9.17, 15) is 23.7 Å². The van der Waals surface area contributed by atoms with E-state index in [2.05, 4.69) is 5.32 Å². The quantitative estimate of drug-likeness (QED) is 0.512. The molecule has 1 atom stereocenters. The number of amides is 1. The molecule has 124 valence electrons. The van der Waals surface area contributed by atoms with Crippen LogP contribution in [0.15, 0.2) is 30.3 Å². The second-order valence-corrected chi connectivity index (χ2v) is 5.52. The van der Waals surface area contributed by atoms with E-state index in [1.807, 2.05) is 0 Å². The SMILES string of the molecule is Nc1c(C(=O)NC2CCc3c(F)cccc32)cc(F)cc1[N+](=O)[O-]. The number of hydrogen-bond acceptors (Lipinski definition) is 4. The highest BCUT2D eigenvalue weighted by Gasteiger charge is 2.28. The molecule has 2 aromatic carbocycles. The molecule has 1 aliphatic carbocycles. The van der Waals surface area contributed by atoms with E-state index < -0.39 is 34.1 Å². The molecule has 0 aromatic heterocycles. The molecule has 1 unspecified atom stereocenters. The van der Waals surface area contributed by atoms with Gasteiger partial charge < -0.3 is 11.1 Å². The molecule has 8 heteroatoms. The van der Waals surface area contributed by atoms with Gasteiger partial charge in [0.15, 0.2) is 0 Å². The van der Waals surface area contributed by atoms with Gasteiger partial charge in [0.25, 0.3) is 11.6 Å². The fourth-order valence-electron chi connectivity index (χ4n) is 2.94. The summed E-state index contributed by atoms with van der Waals surface area (Å²) < 4.78 is 27.3. The van der Waals surface area contributed by atoms with Crippen LogP contribution in [0.1, 0.15) is 33.9 Å². The lowest BCUT2D eigenvalue weighted by Crippen LogP contribution is -2.28. The number of nitrogens with zero attached hydrogens (tertiary/aromatic N) is 1. The summed E-state index contributed by atoms with van der Waals surface area (Å²) in [7, 11) is 0. The number of halogens is 2. The van der Waals surface area contributed by atoms with Crippen molar-refractivity contribution >= 4 is 17.3 Å². The number of benzene rings is 2. The van der Waals surface area contributed by atoms with Crippen molar-refractivity contribution in [2.45, 2.75) is 18.9 Å². The molecule has 6 nitrogen and oxygen atoms in total. The Morgan fingerprint density at radius 1 is 1.33 bits per heavy atom. The largest absolute Gasteiger partial charge is 0.393 e. The van der Waals surface area contributed by atoms with Crippen LogP contribution in [0, 0.1) is 21.7 Å². The average Bonchev–Trinajstić information content (AvgIpc) is 2.93. The Hall–Kier alpha value is -3.03. The number of carbonyl (C=O) groups excluding carboxylic acids is 1. The van der Waals surface area contributed by atoms with Crippen molar-refractivity contribution in [2.75, 3.05) is 5.73 Å². The van der Waals surface area contributed by atoms with Gasteiger partial charge in [-0.1, -0.05) is 12.1 Å². The topological polar surface area (TPSA) is 98.3 Å². The van der Waals surface area contributed by atoms with Crippen molar-refractivity contribution in [3.8, 4) is 0 Å². The Labute approximate surface area is 135 Å². The van der Waals surface area contributed by atoms with Gasteiger partial charge in [-0.3, -0.25) is 14.9 Å². The Balaban J connectivity index is 1.90. The third-order valence-electron chi connectivity index (χ3n) is 4.08. The summed E-state index contributed by atoms with van der Waals surface area (Å²) in [5.74, 6) is -2.01. The second-order valence-electron chi connectivity index (χ2n) is 5.52. The molecule has 24 heavy (non-hydrogen) atoms. The first-order valence-electron chi connectivity index (χ1n) is 7.20. The van der Waals surface area contributed by atoms with Crippen LogP contribution < -0.4 is 11.1 Å². The van der Waals surface area contributed by atoms with Crippen molar-refractivity contribution in [2.24, 2.45) is 0 Å². The van der Waals surface area contributed by atoms with Gasteiger partial charge in [0.1, 0.15) is 17.3 Å². The number of rotatable bonds is 3. The highest BCUT2D eigenvalue weighted by atomic mass is 19.1. The second kappa shape index (κ2) is 5.88. The van der Waals surface area contributed by atoms with Crippen LogP contribution in [-0.4, -0.2) is 10.8 Å². The van der Waals surface area contributed by atoms with E-state index in [1.54, 1.807) is 12.1 Å². The van der Waals surface area contributed by atoms with Crippen molar-refractivity contribution < 1.29 is 18.5 Å². The third kappa shape index (κ3) is 2.66. The molecule has 1 aliphatic rings. The van der Waals surface area contributed by atoms with E-state index in [0.717, 1.165) is 6.07 Å². The Kier molecular flexibility index (Phi) is 3.88. The summed E-state index contributed by atoms with van der Waals surface area (Å²) in [5.41, 5.74) is 5.40. The molecule has 0 bridgehead atoms. The Morgan fingerprint density at radius 3 is 2.79 bits per heavy atom. The number of nitrogen functional groups attached to an aromatic ring is 1. The molecule has 0 radical (unpaired) electrons. The lowest BCUT2D eigenvalue weighted by Gasteiger charge is -2.15. The van der Waals surface area contributed by atoms with Gasteiger partial charge in [0.05, 0.1) is 22.6 Å². The third-order valence-corrected chi connectivity index (χ3v) is 4.08. The highest BCUT2D eigenvalue weighted by Crippen LogP contribution is 2.33. The van der Waals surface area contributed by atoms with Crippen LogP contribution in [0.4, 0.5) is 20.2 Å². The number of nitro benzene ring substituents is 1. The first kappa shape index (κ1) is 15.9. The predicted octanol–water partition coefficient (Wildman–Crippen LogP) is 2.87. The van der Waals surface area contributed by atoms with Crippen molar-refractivity contribution in [3.63, 3.8) is 0 Å². The number of nitro groups is 1. The monoisotopic (exact) mass is 333 g/mol. The molecule has 0 heterocycles. The zero-order chi connectivity index (χ0) is 17.4. The molecule has 0 spiro atoms. The fraction of sp³-hybridized carbons (Fsp3) is 0.188. The maximum Gasteiger partial charge on any atom is 0.295 e. The van der Waals surface area contributed by atoms with Gasteiger partial charge in [-0.25, -0.2) is 8.78 Å². The zero-order valence-corrected chi connectivity index (χ0v) is 12.4. The Bertz CT molecular complexity index is 855. The molecule has 0 saturated heterocycles. The Morgan fingerprint density at radius 2 is 2.08 bits per heavy atom. The molecule has 2 aromatic rings. The minimum atomic E-state index is -0.932. The molecular formula is C16H13F2N3O3. The standard InChI is InChI=1S/C16H13F2N3O3/c17-8-6-11(15(19)14(7-8)21(23)24)16(22)20-13-5-4-9-10(13)2-1-3-12(9)18/h1-3,6-7,13H,4-5,19H2,(H,20,22). The van der Waals surface area contributed by atoms with E-state index in [4.69, 9.17) is 5.73 Å². The molecule has 0 saturated carbocycles. The number of hydrogen-bond donors (Lipinski definition) is 2. The summed E-state index contributed by atoms with van der Waals surface area (Å²) in [4.78, 5) is 22.4. The number of anilines is 1. The van der Waals surface area contributed by atoms with E-state index >= 15 is 0 Å². The van der Waals surface area contributed by atoms with Gasteiger partial charge in [-0.05, 0) is 36.1 Å². The summed E-state index contributed by atoms with van der Waals surface area (Å²) in [6.07, 6.45) is 0.949. The van der Waals surface area contributed by atoms with Crippen LogP contribution in [-0.2, 0) is 6.42 Å². The van der Waals surface area contributed by atoms with Crippen LogP contribution in [0.5, 0.6) is 0 Å². The summed E-state index contributed by atoms with van der Waals surface area (Å²) >= 11 is 0. The fourth-order valence-corrected chi connectivity index (χ4v) is 2.94. The normalized spacial score (nSPS) is 15.8. The van der Waals surface area contributed by atoms with Gasteiger partial charge >= 0.3 is 0 Å². The summed E-state index contributed by atoms with van der Waals surface area (Å²) in [6.45, 7) is 0. The summed E-state index contributed by atoms with van der Waals surface area (Å²) in [5, 5.41) is 13.5. The van der Waals surface area contributed by atoms with Gasteiger partial charge in [-0.2, -0.15) is 0 Å². The van der Waals surface area contributed by atoms with E-state index in [1.165, 1.54) is 6.07 Å². The smallest absolute Gasteiger partial charge is 0.295 e. The molecule has 0 fully saturated rings. The van der Waals surface area contributed by atoms with Crippen LogP contribution in [0.2, 0.25) is 0 Å². The molecule has 3 N–H and O–H groups in total. The summed E-state index contributed by atoms with van der Waals surface area (Å²) in [6, 6.07) is 5.64. The van der Waals surface area contributed by atoms with E-state index in [-0.39, 0.29) is 11.4 Å². The average molecular weight is 333 g/mol. The maximum absolute atomic E-state index is 13.7. The molecule has 1 amide bonds. The lowest BCUT2D eigenvalue weighted by molar-refractivity contribution is -0.384. The van der Waals surface area contributed by atoms with Gasteiger partial charge in [0, 0.05) is 0 Å². The van der Waals surface area contributed by atoms with Crippen LogP contribution in [0.25, 0.3) is 0 Å². The molecular weight excluding hydrogens is 320 g/mol.